The minimum Gasteiger partial charge on any atom is -0.481 e. The fourth-order valence-electron chi connectivity index (χ4n) is 2.21. The maximum atomic E-state index is 11.4. The summed E-state index contributed by atoms with van der Waals surface area (Å²) >= 11 is 0. The quantitative estimate of drug-likeness (QED) is 0.501. The minimum atomic E-state index is -0.891. The van der Waals surface area contributed by atoms with Gasteiger partial charge in [-0.2, -0.15) is 0 Å². The molecule has 3 amide bonds. The molecule has 108 valence electrons. The normalized spacial score (nSPS) is 21.7. The molecular weight excluding hydrogens is 254 g/mol. The molecule has 2 unspecified atom stereocenters. The summed E-state index contributed by atoms with van der Waals surface area (Å²) in [6.45, 7) is 0.491. The number of urea groups is 1. The highest BCUT2D eigenvalue weighted by atomic mass is 16.5. The molecule has 0 spiro atoms. The average Bonchev–Trinajstić information content (AvgIpc) is 2.80. The number of carbonyl (C=O) groups is 3. The molecule has 0 aromatic heterocycles. The summed E-state index contributed by atoms with van der Waals surface area (Å²) in [6, 6.07) is -0.413. The first-order chi connectivity index (χ1) is 9.00. The summed E-state index contributed by atoms with van der Waals surface area (Å²) in [5.41, 5.74) is 4.75. The number of carboxylic acid groups (broad SMARTS) is 1. The third kappa shape index (κ3) is 5.45. The highest BCUT2D eigenvalue weighted by molar-refractivity contribution is 5.74. The number of hydrogen-bond acceptors (Lipinski definition) is 4. The van der Waals surface area contributed by atoms with Gasteiger partial charge < -0.3 is 26.2 Å². The van der Waals surface area contributed by atoms with Crippen molar-refractivity contribution in [2.45, 2.75) is 19.3 Å². The molecule has 0 aliphatic heterocycles. The molecule has 0 aromatic carbocycles. The fourth-order valence-corrected chi connectivity index (χ4v) is 2.21. The average molecular weight is 273 g/mol. The molecule has 0 bridgehead atoms. The van der Waals surface area contributed by atoms with Crippen LogP contribution in [0.2, 0.25) is 0 Å². The van der Waals surface area contributed by atoms with E-state index in [9.17, 15) is 14.4 Å². The van der Waals surface area contributed by atoms with E-state index in [0.717, 1.165) is 12.8 Å². The lowest BCUT2D eigenvalue weighted by atomic mass is 9.96. The maximum absolute atomic E-state index is 11.4. The number of aliphatic carboxylic acids is 1. The van der Waals surface area contributed by atoms with Gasteiger partial charge in [-0.1, -0.05) is 6.42 Å². The third-order valence-corrected chi connectivity index (χ3v) is 3.13. The van der Waals surface area contributed by atoms with Gasteiger partial charge in [0.1, 0.15) is 6.61 Å². The molecule has 8 nitrogen and oxygen atoms in total. The first-order valence-electron chi connectivity index (χ1n) is 6.17. The van der Waals surface area contributed by atoms with E-state index in [1.54, 1.807) is 0 Å². The molecule has 2 atom stereocenters. The summed E-state index contributed by atoms with van der Waals surface area (Å²) < 4.78 is 4.44. The minimum absolute atomic E-state index is 0.00390. The van der Waals surface area contributed by atoms with Gasteiger partial charge >= 0.3 is 18.1 Å². The van der Waals surface area contributed by atoms with Crippen molar-refractivity contribution in [1.29, 1.82) is 0 Å². The summed E-state index contributed by atoms with van der Waals surface area (Å²) in [5.74, 6) is -1.21. The van der Waals surface area contributed by atoms with Crippen molar-refractivity contribution in [2.75, 3.05) is 19.7 Å². The number of carboxylic acids is 1. The Morgan fingerprint density at radius 2 is 2.00 bits per heavy atom. The summed E-state index contributed by atoms with van der Waals surface area (Å²) in [5, 5.41) is 14.1. The Hall–Kier alpha value is -1.99. The van der Waals surface area contributed by atoms with Crippen LogP contribution in [0.15, 0.2) is 0 Å². The molecule has 8 heteroatoms. The molecule has 1 fully saturated rings. The van der Waals surface area contributed by atoms with Crippen molar-refractivity contribution >= 4 is 18.1 Å². The van der Waals surface area contributed by atoms with Crippen LogP contribution in [0.1, 0.15) is 19.3 Å². The van der Waals surface area contributed by atoms with Gasteiger partial charge in [0.2, 0.25) is 0 Å². The summed E-state index contributed by atoms with van der Waals surface area (Å²) in [4.78, 5) is 32.6. The van der Waals surface area contributed by atoms with Gasteiger partial charge in [0.05, 0.1) is 12.5 Å². The number of primary amides is 1. The monoisotopic (exact) mass is 273 g/mol. The van der Waals surface area contributed by atoms with Crippen LogP contribution >= 0.6 is 0 Å². The zero-order chi connectivity index (χ0) is 14.3. The van der Waals surface area contributed by atoms with E-state index in [4.69, 9.17) is 10.8 Å². The van der Waals surface area contributed by atoms with Crippen LogP contribution in [0.3, 0.4) is 0 Å². The number of carbonyl (C=O) groups excluding carboxylic acids is 2. The van der Waals surface area contributed by atoms with Crippen LogP contribution < -0.4 is 16.4 Å². The molecule has 0 heterocycles. The number of nitrogens with two attached hydrogens (primary N) is 1. The molecule has 1 rings (SSSR count). The summed E-state index contributed by atoms with van der Waals surface area (Å²) in [6.07, 6.45) is 1.45. The van der Waals surface area contributed by atoms with Crippen molar-refractivity contribution < 1.29 is 24.2 Å². The Balaban J connectivity index is 2.16. The van der Waals surface area contributed by atoms with Crippen molar-refractivity contribution in [3.63, 3.8) is 0 Å². The van der Waals surface area contributed by atoms with Crippen LogP contribution in [0.4, 0.5) is 9.59 Å². The molecule has 5 N–H and O–H groups in total. The lowest BCUT2D eigenvalue weighted by Gasteiger charge is -2.16. The van der Waals surface area contributed by atoms with Gasteiger partial charge in [-0.25, -0.2) is 9.59 Å². The highest BCUT2D eigenvalue weighted by Gasteiger charge is 2.32. The van der Waals surface area contributed by atoms with E-state index in [0.29, 0.717) is 13.0 Å². The fraction of sp³-hybridized carbons (Fsp3) is 0.727. The van der Waals surface area contributed by atoms with Gasteiger partial charge in [-0.15, -0.1) is 0 Å². The molecule has 0 aromatic rings. The molecule has 1 aliphatic carbocycles. The molecule has 0 saturated heterocycles. The topological polar surface area (TPSA) is 131 Å². The molecule has 1 aliphatic rings. The maximum Gasteiger partial charge on any atom is 0.404 e. The van der Waals surface area contributed by atoms with Gasteiger partial charge in [-0.05, 0) is 18.8 Å². The Morgan fingerprint density at radius 1 is 1.26 bits per heavy atom. The molecule has 1 saturated carbocycles. The SMILES string of the molecule is NC(=O)OCCNC(=O)NCC1CCCC1C(=O)O. The molecular formula is C11H19N3O5. The Bertz CT molecular complexity index is 347. The van der Waals surface area contributed by atoms with Gasteiger partial charge in [0.15, 0.2) is 0 Å². The van der Waals surface area contributed by atoms with Crippen LogP contribution in [0.25, 0.3) is 0 Å². The van der Waals surface area contributed by atoms with Crippen molar-refractivity contribution in [2.24, 2.45) is 17.6 Å². The van der Waals surface area contributed by atoms with E-state index < -0.39 is 18.1 Å². The second-order valence-corrected chi connectivity index (χ2v) is 4.44. The van der Waals surface area contributed by atoms with E-state index in [2.05, 4.69) is 15.4 Å². The Labute approximate surface area is 110 Å². The molecule has 19 heavy (non-hydrogen) atoms. The van der Waals surface area contributed by atoms with Crippen LogP contribution in [0, 0.1) is 11.8 Å². The lowest BCUT2D eigenvalue weighted by Crippen LogP contribution is -2.41. The number of hydrogen-bond donors (Lipinski definition) is 4. The van der Waals surface area contributed by atoms with E-state index in [-0.39, 0.29) is 25.0 Å². The highest BCUT2D eigenvalue weighted by Crippen LogP contribution is 2.31. The number of ether oxygens (including phenoxy) is 1. The zero-order valence-corrected chi connectivity index (χ0v) is 10.6. The van der Waals surface area contributed by atoms with Gasteiger partial charge in [0.25, 0.3) is 0 Å². The van der Waals surface area contributed by atoms with E-state index in [1.165, 1.54) is 0 Å². The van der Waals surface area contributed by atoms with Gasteiger partial charge in [-0.3, -0.25) is 4.79 Å². The van der Waals surface area contributed by atoms with Crippen LogP contribution in [-0.2, 0) is 9.53 Å². The summed E-state index contributed by atoms with van der Waals surface area (Å²) in [7, 11) is 0. The van der Waals surface area contributed by atoms with Gasteiger partial charge in [0, 0.05) is 6.54 Å². The van der Waals surface area contributed by atoms with Crippen LogP contribution in [-0.4, -0.2) is 42.9 Å². The molecule has 0 radical (unpaired) electrons. The first kappa shape index (κ1) is 15.1. The predicted molar refractivity (Wildman–Crippen MR) is 65.4 cm³/mol. The second-order valence-electron chi connectivity index (χ2n) is 4.44. The largest absolute Gasteiger partial charge is 0.481 e. The number of rotatable bonds is 6. The second kappa shape index (κ2) is 7.45. The standard InChI is InChI=1S/C11H19N3O5/c12-10(17)19-5-4-13-11(18)14-6-7-2-1-3-8(7)9(15)16/h7-8H,1-6H2,(H2,12,17)(H,15,16)(H2,13,14,18). The zero-order valence-electron chi connectivity index (χ0n) is 10.6. The van der Waals surface area contributed by atoms with E-state index in [1.807, 2.05) is 0 Å². The predicted octanol–water partition coefficient (Wildman–Crippen LogP) is -0.118. The Morgan fingerprint density at radius 3 is 2.63 bits per heavy atom. The lowest BCUT2D eigenvalue weighted by molar-refractivity contribution is -0.142. The van der Waals surface area contributed by atoms with Crippen molar-refractivity contribution in [1.82, 2.24) is 10.6 Å². The number of nitrogens with one attached hydrogen (secondary N) is 2. The Kier molecular flexibility index (Phi) is 5.91. The smallest absolute Gasteiger partial charge is 0.404 e. The third-order valence-electron chi connectivity index (χ3n) is 3.13. The van der Waals surface area contributed by atoms with Crippen LogP contribution in [0.5, 0.6) is 0 Å². The van der Waals surface area contributed by atoms with E-state index >= 15 is 0 Å². The van der Waals surface area contributed by atoms with Crippen molar-refractivity contribution in [3.8, 4) is 0 Å². The van der Waals surface area contributed by atoms with Crippen molar-refractivity contribution in [3.05, 3.63) is 0 Å². The number of amides is 3. The first-order valence-corrected chi connectivity index (χ1v) is 6.17.